The number of thiazole rings is 1. The highest BCUT2D eigenvalue weighted by Gasteiger charge is 2.29. The van der Waals surface area contributed by atoms with E-state index in [0.29, 0.717) is 41.6 Å². The van der Waals surface area contributed by atoms with Crippen LogP contribution in [-0.4, -0.2) is 46.9 Å². The van der Waals surface area contributed by atoms with Crippen LogP contribution in [0.15, 0.2) is 72.8 Å². The second kappa shape index (κ2) is 14.5. The summed E-state index contributed by atoms with van der Waals surface area (Å²) in [5.41, 5.74) is 6.12. The summed E-state index contributed by atoms with van der Waals surface area (Å²) >= 11 is 1.45. The van der Waals surface area contributed by atoms with E-state index in [1.807, 2.05) is 101 Å². The molecule has 1 aliphatic carbocycles. The molecule has 0 radical (unpaired) electrons. The Labute approximate surface area is 309 Å². The molecule has 0 saturated heterocycles. The van der Waals surface area contributed by atoms with Crippen molar-refractivity contribution in [1.29, 1.82) is 0 Å². The highest BCUT2D eigenvalue weighted by atomic mass is 32.1. The van der Waals surface area contributed by atoms with Gasteiger partial charge in [0.2, 0.25) is 5.91 Å². The van der Waals surface area contributed by atoms with E-state index in [1.165, 1.54) is 17.8 Å². The van der Waals surface area contributed by atoms with Crippen molar-refractivity contribution in [3.8, 4) is 11.1 Å². The van der Waals surface area contributed by atoms with Gasteiger partial charge in [-0.2, -0.15) is 0 Å². The summed E-state index contributed by atoms with van der Waals surface area (Å²) in [5.74, 6) is 0.0649. The molecule has 3 heterocycles. The highest BCUT2D eigenvalue weighted by Crippen LogP contribution is 2.36. The molecule has 0 unspecified atom stereocenters. The van der Waals surface area contributed by atoms with E-state index >= 15 is 0 Å². The predicted molar refractivity (Wildman–Crippen MR) is 208 cm³/mol. The predicted octanol–water partition coefficient (Wildman–Crippen LogP) is 8.98. The Balaban J connectivity index is 1.20. The fourth-order valence-electron chi connectivity index (χ4n) is 7.42. The van der Waals surface area contributed by atoms with Gasteiger partial charge >= 0.3 is 5.97 Å². The molecule has 2 aliphatic rings. The highest BCUT2D eigenvalue weighted by molar-refractivity contribution is 7.22. The SMILES string of the molecule is Cc1c(-c2ccc(N3CCc4cccc(C(=O)Nc5nc6ccccc6s5)c4C3)nc2C(=O)OC(C)(C)C)cccc1N(C)C(=O)C1CCCCC1. The molecule has 0 bridgehead atoms. The molecule has 0 spiro atoms. The van der Waals surface area contributed by atoms with E-state index in [1.54, 1.807) is 4.90 Å². The molecule has 1 saturated carbocycles. The standard InChI is InChI=1S/C42H45N5O4S/c1-26-29(16-12-19-34(26)46(5)39(49)28-13-7-6-8-14-28)30-21-22-36(44-37(30)40(50)51-42(2,3)4)47-24-23-27-15-11-17-31(32(27)25-47)38(48)45-41-43-33-18-9-10-20-35(33)52-41/h9-12,15-22,28H,6-8,13-14,23-25H2,1-5H3,(H,43,45,48). The Morgan fingerprint density at radius 1 is 0.904 bits per heavy atom. The van der Waals surface area contributed by atoms with Gasteiger partial charge in [-0.25, -0.2) is 14.8 Å². The number of fused-ring (bicyclic) bond motifs is 2. The van der Waals surface area contributed by atoms with Crippen LogP contribution in [0.1, 0.15) is 90.4 Å². The van der Waals surface area contributed by atoms with Crippen molar-refractivity contribution < 1.29 is 19.1 Å². The van der Waals surface area contributed by atoms with Gasteiger partial charge in [0.05, 0.1) is 10.2 Å². The number of ether oxygens (including phenoxy) is 1. The summed E-state index contributed by atoms with van der Waals surface area (Å²) in [6, 6.07) is 23.4. The van der Waals surface area contributed by atoms with Gasteiger partial charge in [0.1, 0.15) is 11.4 Å². The first-order valence-corrected chi connectivity index (χ1v) is 18.9. The lowest BCUT2D eigenvalue weighted by Crippen LogP contribution is -2.34. The second-order valence-corrected chi connectivity index (χ2v) is 15.8. The zero-order valence-electron chi connectivity index (χ0n) is 30.5. The van der Waals surface area contributed by atoms with Gasteiger partial charge in [0.25, 0.3) is 5.91 Å². The molecule has 1 aliphatic heterocycles. The number of carbonyl (C=O) groups excluding carboxylic acids is 3. The van der Waals surface area contributed by atoms with Crippen LogP contribution in [0.3, 0.4) is 0 Å². The molecule has 1 fully saturated rings. The minimum absolute atomic E-state index is 0.0360. The van der Waals surface area contributed by atoms with Gasteiger partial charge in [-0.05, 0) is 106 Å². The maximum Gasteiger partial charge on any atom is 0.358 e. The molecule has 7 rings (SSSR count). The number of pyridine rings is 1. The molecule has 3 aromatic carbocycles. The van der Waals surface area contributed by atoms with Crippen LogP contribution < -0.4 is 15.1 Å². The lowest BCUT2D eigenvalue weighted by Gasteiger charge is -2.31. The topological polar surface area (TPSA) is 105 Å². The summed E-state index contributed by atoms with van der Waals surface area (Å²) in [4.78, 5) is 54.5. The molecule has 2 aromatic heterocycles. The van der Waals surface area contributed by atoms with Crippen molar-refractivity contribution in [3.63, 3.8) is 0 Å². The van der Waals surface area contributed by atoms with Crippen LogP contribution in [0.25, 0.3) is 21.3 Å². The number of anilines is 3. The molecule has 1 N–H and O–H groups in total. The minimum atomic E-state index is -0.731. The van der Waals surface area contributed by atoms with Crippen LogP contribution in [0, 0.1) is 12.8 Å². The van der Waals surface area contributed by atoms with Crippen molar-refractivity contribution in [2.45, 2.75) is 78.4 Å². The van der Waals surface area contributed by atoms with E-state index in [9.17, 15) is 14.4 Å². The summed E-state index contributed by atoms with van der Waals surface area (Å²) < 4.78 is 6.92. The zero-order valence-corrected chi connectivity index (χ0v) is 31.3. The van der Waals surface area contributed by atoms with E-state index in [4.69, 9.17) is 9.72 Å². The Morgan fingerprint density at radius 2 is 1.67 bits per heavy atom. The second-order valence-electron chi connectivity index (χ2n) is 14.8. The maximum absolute atomic E-state index is 13.9. The van der Waals surface area contributed by atoms with Gasteiger partial charge in [-0.1, -0.05) is 67.0 Å². The lowest BCUT2D eigenvalue weighted by atomic mass is 9.88. The molecule has 2 amide bonds. The first-order chi connectivity index (χ1) is 25.0. The largest absolute Gasteiger partial charge is 0.455 e. The van der Waals surface area contributed by atoms with Gasteiger partial charge in [-0.3, -0.25) is 14.9 Å². The lowest BCUT2D eigenvalue weighted by molar-refractivity contribution is -0.123. The summed E-state index contributed by atoms with van der Waals surface area (Å²) in [6.07, 6.45) is 5.91. The van der Waals surface area contributed by atoms with Crippen molar-refractivity contribution in [3.05, 3.63) is 101 Å². The smallest absolute Gasteiger partial charge is 0.358 e. The van der Waals surface area contributed by atoms with Crippen LogP contribution in [0.5, 0.6) is 0 Å². The summed E-state index contributed by atoms with van der Waals surface area (Å²) in [6.45, 7) is 8.63. The average molecular weight is 716 g/mol. The van der Waals surface area contributed by atoms with E-state index in [2.05, 4.69) is 21.3 Å². The number of hydrogen-bond donors (Lipinski definition) is 1. The molecular formula is C42H45N5O4S. The third-order valence-corrected chi connectivity index (χ3v) is 11.0. The Morgan fingerprint density at radius 3 is 2.44 bits per heavy atom. The number of amides is 2. The quantitative estimate of drug-likeness (QED) is 0.168. The molecule has 10 heteroatoms. The van der Waals surface area contributed by atoms with E-state index in [0.717, 1.165) is 63.8 Å². The van der Waals surface area contributed by atoms with Gasteiger partial charge < -0.3 is 14.5 Å². The average Bonchev–Trinajstić information content (AvgIpc) is 3.55. The van der Waals surface area contributed by atoms with Gasteiger partial charge in [0.15, 0.2) is 10.8 Å². The number of benzene rings is 3. The van der Waals surface area contributed by atoms with Crippen LogP contribution in [-0.2, 0) is 22.5 Å². The molecule has 9 nitrogen and oxygen atoms in total. The van der Waals surface area contributed by atoms with Crippen molar-refractivity contribution in [2.75, 3.05) is 28.7 Å². The Kier molecular flexibility index (Phi) is 9.85. The number of aromatic nitrogens is 2. The van der Waals surface area contributed by atoms with E-state index < -0.39 is 11.6 Å². The van der Waals surface area contributed by atoms with Crippen LogP contribution in [0.4, 0.5) is 16.6 Å². The maximum atomic E-state index is 13.9. The molecule has 52 heavy (non-hydrogen) atoms. The minimum Gasteiger partial charge on any atom is -0.455 e. The third-order valence-electron chi connectivity index (χ3n) is 10.1. The normalized spacial score (nSPS) is 14.9. The fourth-order valence-corrected chi connectivity index (χ4v) is 8.29. The van der Waals surface area contributed by atoms with Crippen molar-refractivity contribution in [1.82, 2.24) is 9.97 Å². The number of hydrogen-bond acceptors (Lipinski definition) is 8. The van der Waals surface area contributed by atoms with Crippen molar-refractivity contribution in [2.24, 2.45) is 5.92 Å². The monoisotopic (exact) mass is 715 g/mol. The summed E-state index contributed by atoms with van der Waals surface area (Å²) in [5, 5.41) is 3.57. The fraction of sp³-hybridized carbons (Fsp3) is 0.357. The van der Waals surface area contributed by atoms with Gasteiger partial charge in [0, 0.05) is 42.9 Å². The number of carbonyl (C=O) groups is 3. The van der Waals surface area contributed by atoms with Crippen LogP contribution >= 0.6 is 11.3 Å². The third kappa shape index (κ3) is 7.30. The van der Waals surface area contributed by atoms with E-state index in [-0.39, 0.29) is 23.4 Å². The zero-order chi connectivity index (χ0) is 36.6. The van der Waals surface area contributed by atoms with Crippen molar-refractivity contribution >= 4 is 56.0 Å². The number of esters is 1. The summed E-state index contributed by atoms with van der Waals surface area (Å²) in [7, 11) is 1.85. The Bertz CT molecular complexity index is 2130. The molecule has 268 valence electrons. The van der Waals surface area contributed by atoms with Crippen LogP contribution in [0.2, 0.25) is 0 Å². The number of nitrogens with zero attached hydrogens (tertiary/aromatic N) is 4. The Hall–Kier alpha value is -5.09. The number of nitrogens with one attached hydrogen (secondary N) is 1. The first kappa shape index (κ1) is 35.3. The number of rotatable bonds is 7. The molecule has 5 aromatic rings. The van der Waals surface area contributed by atoms with Gasteiger partial charge in [-0.15, -0.1) is 0 Å². The number of para-hydroxylation sites is 1. The molecule has 0 atom stereocenters. The molecular weight excluding hydrogens is 671 g/mol. The first-order valence-electron chi connectivity index (χ1n) is 18.1.